The first-order chi connectivity index (χ1) is 15.0. The van der Waals surface area contributed by atoms with E-state index in [1.165, 1.54) is 12.1 Å². The molecule has 0 spiro atoms. The number of nitrogens with zero attached hydrogens (tertiary/aromatic N) is 4. The summed E-state index contributed by atoms with van der Waals surface area (Å²) in [6.07, 6.45) is 1.62. The van der Waals surface area contributed by atoms with Crippen molar-refractivity contribution in [2.75, 3.05) is 18.4 Å². The molecule has 31 heavy (non-hydrogen) atoms. The molecule has 1 aromatic heterocycles. The second-order valence-corrected chi connectivity index (χ2v) is 8.31. The third kappa shape index (κ3) is 5.33. The zero-order chi connectivity index (χ0) is 21.8. The number of piperidine rings is 1. The minimum Gasteiger partial charge on any atom is -0.338 e. The Bertz CT molecular complexity index is 1090. The van der Waals surface area contributed by atoms with E-state index in [9.17, 15) is 14.9 Å². The van der Waals surface area contributed by atoms with Gasteiger partial charge in [-0.25, -0.2) is 0 Å². The molecule has 1 saturated heterocycles. The molecule has 1 amide bonds. The zero-order valence-electron chi connectivity index (χ0n) is 16.5. The van der Waals surface area contributed by atoms with Gasteiger partial charge in [-0.1, -0.05) is 27.2 Å². The number of benzene rings is 2. The van der Waals surface area contributed by atoms with Crippen molar-refractivity contribution in [3.8, 4) is 11.4 Å². The molecule has 160 valence electrons. The van der Waals surface area contributed by atoms with Crippen LogP contribution in [0.1, 0.15) is 18.7 Å². The number of halogens is 1. The predicted molar refractivity (Wildman–Crippen MR) is 117 cm³/mol. The molecule has 2 heterocycles. The van der Waals surface area contributed by atoms with E-state index >= 15 is 0 Å². The molecule has 1 atom stereocenters. The maximum absolute atomic E-state index is 12.7. The highest BCUT2D eigenvalue weighted by Gasteiger charge is 2.27. The summed E-state index contributed by atoms with van der Waals surface area (Å²) in [6.45, 7) is 1.84. The van der Waals surface area contributed by atoms with Crippen LogP contribution in [0.5, 0.6) is 0 Å². The van der Waals surface area contributed by atoms with Crippen LogP contribution in [-0.4, -0.2) is 39.0 Å². The first-order valence-corrected chi connectivity index (χ1v) is 10.6. The molecular weight excluding hydrogens is 466 g/mol. The monoisotopic (exact) mass is 485 g/mol. The number of anilines is 1. The molecule has 1 unspecified atom stereocenters. The van der Waals surface area contributed by atoms with Gasteiger partial charge in [0.2, 0.25) is 17.6 Å². The van der Waals surface area contributed by atoms with Gasteiger partial charge in [-0.05, 0) is 49.7 Å². The number of rotatable bonds is 6. The number of hydrogen-bond acceptors (Lipinski definition) is 7. The Labute approximate surface area is 186 Å². The number of hydrogen-bond donors (Lipinski definition) is 1. The van der Waals surface area contributed by atoms with Crippen LogP contribution in [0.4, 0.5) is 11.4 Å². The highest BCUT2D eigenvalue weighted by atomic mass is 79.9. The number of nitrogens with one attached hydrogen (secondary N) is 1. The van der Waals surface area contributed by atoms with Gasteiger partial charge in [-0.15, -0.1) is 0 Å². The van der Waals surface area contributed by atoms with Crippen LogP contribution in [0.3, 0.4) is 0 Å². The Morgan fingerprint density at radius 3 is 2.87 bits per heavy atom. The number of likely N-dealkylation sites (tertiary alicyclic amines) is 1. The van der Waals surface area contributed by atoms with Crippen LogP contribution in [0.15, 0.2) is 57.5 Å². The van der Waals surface area contributed by atoms with E-state index in [0.29, 0.717) is 30.5 Å². The standard InChI is InChI=1S/C21H20BrN5O4/c22-16-8-6-14(7-9-16)20-24-19(31-25-20)13-26-10-2-3-15(12-26)21(28)23-17-4-1-5-18(11-17)27(29)30/h1,4-9,11,15H,2-3,10,12-13H2,(H,23,28). The Kier molecular flexibility index (Phi) is 6.38. The van der Waals surface area contributed by atoms with Gasteiger partial charge in [0.25, 0.3) is 5.69 Å². The Hall–Kier alpha value is -3.11. The van der Waals surface area contributed by atoms with Crippen molar-refractivity contribution in [1.82, 2.24) is 15.0 Å². The van der Waals surface area contributed by atoms with Crippen LogP contribution in [-0.2, 0) is 11.3 Å². The lowest BCUT2D eigenvalue weighted by Gasteiger charge is -2.30. The third-order valence-corrected chi connectivity index (χ3v) is 5.66. The molecule has 4 rings (SSSR count). The van der Waals surface area contributed by atoms with E-state index in [0.717, 1.165) is 29.4 Å². The van der Waals surface area contributed by atoms with E-state index in [1.54, 1.807) is 12.1 Å². The number of amides is 1. The number of non-ortho nitro benzene ring substituents is 1. The minimum absolute atomic E-state index is 0.0546. The van der Waals surface area contributed by atoms with Crippen molar-refractivity contribution >= 4 is 33.2 Å². The summed E-state index contributed by atoms with van der Waals surface area (Å²) in [5.41, 5.74) is 1.24. The van der Waals surface area contributed by atoms with Crippen LogP contribution in [0.2, 0.25) is 0 Å². The third-order valence-electron chi connectivity index (χ3n) is 5.13. The lowest BCUT2D eigenvalue weighted by Crippen LogP contribution is -2.40. The van der Waals surface area contributed by atoms with Crippen molar-refractivity contribution in [3.05, 3.63) is 69.0 Å². The summed E-state index contributed by atoms with van der Waals surface area (Å²) in [5, 5.41) is 17.8. The zero-order valence-corrected chi connectivity index (χ0v) is 18.1. The molecule has 0 aliphatic carbocycles. The predicted octanol–water partition coefficient (Wildman–Crippen LogP) is 4.26. The summed E-state index contributed by atoms with van der Waals surface area (Å²) < 4.78 is 6.37. The maximum atomic E-state index is 12.7. The number of carbonyl (C=O) groups is 1. The molecule has 2 aromatic carbocycles. The molecule has 1 aliphatic heterocycles. The Morgan fingerprint density at radius 1 is 1.29 bits per heavy atom. The fourth-order valence-corrected chi connectivity index (χ4v) is 3.85. The van der Waals surface area contributed by atoms with Crippen molar-refractivity contribution in [2.24, 2.45) is 5.92 Å². The molecular formula is C21H20BrN5O4. The molecule has 1 fully saturated rings. The smallest absolute Gasteiger partial charge is 0.271 e. The first-order valence-electron chi connectivity index (χ1n) is 9.84. The highest BCUT2D eigenvalue weighted by molar-refractivity contribution is 9.10. The van der Waals surface area contributed by atoms with E-state index < -0.39 is 4.92 Å². The average Bonchev–Trinajstić information content (AvgIpc) is 3.23. The summed E-state index contributed by atoms with van der Waals surface area (Å²) in [6, 6.07) is 13.6. The van der Waals surface area contributed by atoms with Crippen LogP contribution < -0.4 is 5.32 Å². The minimum atomic E-state index is -0.481. The van der Waals surface area contributed by atoms with Crippen molar-refractivity contribution in [1.29, 1.82) is 0 Å². The highest BCUT2D eigenvalue weighted by Crippen LogP contribution is 2.23. The van der Waals surface area contributed by atoms with Crippen molar-refractivity contribution < 1.29 is 14.2 Å². The number of nitro benzene ring substituents is 1. The summed E-state index contributed by atoms with van der Waals surface area (Å²) in [7, 11) is 0. The summed E-state index contributed by atoms with van der Waals surface area (Å²) >= 11 is 3.40. The van der Waals surface area contributed by atoms with E-state index in [4.69, 9.17) is 4.52 Å². The lowest BCUT2D eigenvalue weighted by molar-refractivity contribution is -0.384. The van der Waals surface area contributed by atoms with Gasteiger partial charge in [0.1, 0.15) is 0 Å². The maximum Gasteiger partial charge on any atom is 0.271 e. The van der Waals surface area contributed by atoms with Crippen LogP contribution in [0, 0.1) is 16.0 Å². The van der Waals surface area contributed by atoms with Gasteiger partial charge in [-0.2, -0.15) is 4.98 Å². The molecule has 1 aliphatic rings. The number of carbonyl (C=O) groups excluding carboxylic acids is 1. The van der Waals surface area contributed by atoms with E-state index in [2.05, 4.69) is 36.3 Å². The number of nitro groups is 1. The topological polar surface area (TPSA) is 114 Å². The molecule has 9 nitrogen and oxygen atoms in total. The summed E-state index contributed by atoms with van der Waals surface area (Å²) in [5.74, 6) is 0.658. The average molecular weight is 486 g/mol. The van der Waals surface area contributed by atoms with Crippen LogP contribution >= 0.6 is 15.9 Å². The Morgan fingerprint density at radius 2 is 2.10 bits per heavy atom. The van der Waals surface area contributed by atoms with Gasteiger partial charge in [-0.3, -0.25) is 19.8 Å². The fraction of sp³-hybridized carbons (Fsp3) is 0.286. The van der Waals surface area contributed by atoms with Gasteiger partial charge < -0.3 is 9.84 Å². The van der Waals surface area contributed by atoms with E-state index in [1.807, 2.05) is 24.3 Å². The lowest BCUT2D eigenvalue weighted by atomic mass is 9.97. The van der Waals surface area contributed by atoms with Crippen LogP contribution in [0.25, 0.3) is 11.4 Å². The van der Waals surface area contributed by atoms with Gasteiger partial charge in [0.05, 0.1) is 17.4 Å². The molecule has 0 radical (unpaired) electrons. The second-order valence-electron chi connectivity index (χ2n) is 7.39. The molecule has 10 heteroatoms. The van der Waals surface area contributed by atoms with E-state index in [-0.39, 0.29) is 17.5 Å². The SMILES string of the molecule is O=C(Nc1cccc([N+](=O)[O-])c1)C1CCCN(Cc2nc(-c3ccc(Br)cc3)no2)C1. The largest absolute Gasteiger partial charge is 0.338 e. The van der Waals surface area contributed by atoms with Crippen molar-refractivity contribution in [2.45, 2.75) is 19.4 Å². The quantitative estimate of drug-likeness (QED) is 0.409. The second kappa shape index (κ2) is 9.36. The Balaban J connectivity index is 1.36. The van der Waals surface area contributed by atoms with Gasteiger partial charge in [0.15, 0.2) is 0 Å². The summed E-state index contributed by atoms with van der Waals surface area (Å²) in [4.78, 5) is 29.7. The molecule has 0 saturated carbocycles. The first kappa shape index (κ1) is 21.1. The molecule has 3 aromatic rings. The number of aromatic nitrogens is 2. The van der Waals surface area contributed by atoms with Crippen molar-refractivity contribution in [3.63, 3.8) is 0 Å². The van der Waals surface area contributed by atoms with Gasteiger partial charge >= 0.3 is 0 Å². The normalized spacial score (nSPS) is 16.7. The molecule has 0 bridgehead atoms. The van der Waals surface area contributed by atoms with Gasteiger partial charge in [0, 0.05) is 34.4 Å². The molecule has 1 N–H and O–H groups in total. The fourth-order valence-electron chi connectivity index (χ4n) is 3.58.